The molecule has 0 aliphatic carbocycles. The van der Waals surface area contributed by atoms with Crippen molar-refractivity contribution in [3.05, 3.63) is 105 Å². The average molecular weight is 419 g/mol. The molecule has 0 radical (unpaired) electrons. The number of thioether (sulfide) groups is 1. The van der Waals surface area contributed by atoms with Gasteiger partial charge in [0, 0.05) is 20.5 Å². The molecule has 0 fully saturated rings. The van der Waals surface area contributed by atoms with Gasteiger partial charge in [-0.3, -0.25) is 0 Å². The summed E-state index contributed by atoms with van der Waals surface area (Å²) >= 11 is 19.8. The number of allylic oxidation sites excluding steroid dienone is 1. The van der Waals surface area contributed by atoms with Gasteiger partial charge in [-0.05, 0) is 53.9 Å². The molecule has 0 saturated heterocycles. The smallest absolute Gasteiger partial charge is 0.0715 e. The Morgan fingerprint density at radius 2 is 1.58 bits per heavy atom. The second-order valence-electron chi connectivity index (χ2n) is 5.34. The zero-order chi connectivity index (χ0) is 18.4. The molecule has 0 heterocycles. The highest BCUT2D eigenvalue weighted by Crippen LogP contribution is 2.30. The van der Waals surface area contributed by atoms with Gasteiger partial charge in [0.25, 0.3) is 0 Å². The van der Waals surface area contributed by atoms with Gasteiger partial charge in [0.2, 0.25) is 0 Å². The van der Waals surface area contributed by atoms with Gasteiger partial charge in [-0.15, -0.1) is 0 Å². The molecule has 130 valence electrons. The molecule has 0 aromatic heterocycles. The van der Waals surface area contributed by atoms with E-state index in [2.05, 4.69) is 0 Å². The molecular formula is C21H14Cl3NS. The normalized spacial score (nSPS) is 11.9. The van der Waals surface area contributed by atoms with Crippen LogP contribution in [0.2, 0.25) is 15.1 Å². The standard InChI is InChI=1S/C21H14Cl3NS/c22-16-6-4-5-15(13-16)20(25-18-7-2-1-3-8-18)11-12-26-21-10-9-17(23)14-19(21)24/h1-14H. The first-order valence-electron chi connectivity index (χ1n) is 7.80. The van der Waals surface area contributed by atoms with Crippen molar-refractivity contribution in [3.63, 3.8) is 0 Å². The fraction of sp³-hybridized carbons (Fsp3) is 0. The number of aliphatic imine (C=N–C) groups is 1. The molecule has 0 aliphatic heterocycles. The van der Waals surface area contributed by atoms with E-state index in [0.29, 0.717) is 15.1 Å². The van der Waals surface area contributed by atoms with Crippen LogP contribution in [0.5, 0.6) is 0 Å². The molecule has 1 nitrogen and oxygen atoms in total. The summed E-state index contributed by atoms with van der Waals surface area (Å²) in [6.07, 6.45) is 1.95. The monoisotopic (exact) mass is 417 g/mol. The van der Waals surface area contributed by atoms with Crippen molar-refractivity contribution in [3.8, 4) is 0 Å². The number of rotatable bonds is 5. The molecule has 0 unspecified atom stereocenters. The molecule has 0 atom stereocenters. The van der Waals surface area contributed by atoms with Gasteiger partial charge in [0.1, 0.15) is 0 Å². The zero-order valence-corrected chi connectivity index (χ0v) is 16.7. The number of hydrogen-bond acceptors (Lipinski definition) is 2. The molecule has 5 heteroatoms. The Morgan fingerprint density at radius 3 is 2.31 bits per heavy atom. The van der Waals surface area contributed by atoms with Crippen LogP contribution in [0.1, 0.15) is 5.56 Å². The number of nitrogens with zero attached hydrogens (tertiary/aromatic N) is 1. The third-order valence-electron chi connectivity index (χ3n) is 3.44. The molecule has 3 aromatic rings. The van der Waals surface area contributed by atoms with Crippen LogP contribution in [0.25, 0.3) is 0 Å². The third kappa shape index (κ3) is 5.39. The maximum atomic E-state index is 6.23. The van der Waals surface area contributed by atoms with Crippen molar-refractivity contribution in [1.82, 2.24) is 0 Å². The lowest BCUT2D eigenvalue weighted by molar-refractivity contribution is 1.47. The molecular weight excluding hydrogens is 405 g/mol. The zero-order valence-electron chi connectivity index (χ0n) is 13.6. The Balaban J connectivity index is 1.89. The summed E-state index contributed by atoms with van der Waals surface area (Å²) in [5, 5.41) is 3.87. The lowest BCUT2D eigenvalue weighted by Crippen LogP contribution is -1.96. The molecule has 0 bridgehead atoms. The van der Waals surface area contributed by atoms with Crippen molar-refractivity contribution in [2.75, 3.05) is 0 Å². The van der Waals surface area contributed by atoms with Crippen LogP contribution in [0.4, 0.5) is 5.69 Å². The van der Waals surface area contributed by atoms with Crippen LogP contribution < -0.4 is 0 Å². The van der Waals surface area contributed by atoms with Crippen molar-refractivity contribution < 1.29 is 0 Å². The highest BCUT2D eigenvalue weighted by atomic mass is 35.5. The number of para-hydroxylation sites is 1. The summed E-state index contributed by atoms with van der Waals surface area (Å²) in [6, 6.07) is 22.9. The van der Waals surface area contributed by atoms with Crippen molar-refractivity contribution in [2.45, 2.75) is 4.90 Å². The van der Waals surface area contributed by atoms with E-state index in [-0.39, 0.29) is 0 Å². The first-order valence-corrected chi connectivity index (χ1v) is 9.81. The molecule has 0 spiro atoms. The van der Waals surface area contributed by atoms with Gasteiger partial charge in [-0.25, -0.2) is 4.99 Å². The average Bonchev–Trinajstić information content (AvgIpc) is 2.63. The fourth-order valence-corrected chi connectivity index (χ4v) is 3.62. The van der Waals surface area contributed by atoms with E-state index in [1.807, 2.05) is 78.2 Å². The molecule has 3 aromatic carbocycles. The summed E-state index contributed by atoms with van der Waals surface area (Å²) in [5.41, 5.74) is 2.64. The fourth-order valence-electron chi connectivity index (χ4n) is 2.23. The molecule has 0 aliphatic rings. The predicted molar refractivity (Wildman–Crippen MR) is 116 cm³/mol. The van der Waals surface area contributed by atoms with E-state index >= 15 is 0 Å². The Morgan fingerprint density at radius 1 is 0.808 bits per heavy atom. The molecule has 3 rings (SSSR count). The maximum Gasteiger partial charge on any atom is 0.0715 e. The second kappa shape index (κ2) is 9.29. The molecule has 0 amide bonds. The van der Waals surface area contributed by atoms with Gasteiger partial charge in [-0.1, -0.05) is 76.9 Å². The molecule has 0 saturated carbocycles. The largest absolute Gasteiger partial charge is 0.248 e. The SMILES string of the molecule is Clc1cccc(C(C=CSc2ccc(Cl)cc2Cl)=Nc2ccccc2)c1. The second-order valence-corrected chi connectivity index (χ2v) is 7.57. The van der Waals surface area contributed by atoms with Gasteiger partial charge in [0.15, 0.2) is 0 Å². The minimum atomic E-state index is 0.619. The number of halogens is 3. The van der Waals surface area contributed by atoms with Crippen LogP contribution in [0.15, 0.2) is 94.2 Å². The van der Waals surface area contributed by atoms with E-state index in [4.69, 9.17) is 39.8 Å². The summed E-state index contributed by atoms with van der Waals surface area (Å²) in [6.45, 7) is 0. The summed E-state index contributed by atoms with van der Waals surface area (Å²) in [4.78, 5) is 5.67. The van der Waals surface area contributed by atoms with E-state index < -0.39 is 0 Å². The maximum absolute atomic E-state index is 6.23. The molecule has 26 heavy (non-hydrogen) atoms. The Hall–Kier alpha value is -1.71. The molecule has 0 N–H and O–H groups in total. The van der Waals surface area contributed by atoms with Gasteiger partial charge in [-0.2, -0.15) is 0 Å². The van der Waals surface area contributed by atoms with Gasteiger partial charge >= 0.3 is 0 Å². The predicted octanol–water partition coefficient (Wildman–Crippen LogP) is 8.07. The van der Waals surface area contributed by atoms with Crippen molar-refractivity contribution in [2.24, 2.45) is 4.99 Å². The number of benzene rings is 3. The summed E-state index contributed by atoms with van der Waals surface area (Å²) < 4.78 is 0. The van der Waals surface area contributed by atoms with Gasteiger partial charge < -0.3 is 0 Å². The summed E-state index contributed by atoms with van der Waals surface area (Å²) in [7, 11) is 0. The highest BCUT2D eigenvalue weighted by molar-refractivity contribution is 8.02. The van der Waals surface area contributed by atoms with E-state index in [1.54, 1.807) is 6.07 Å². The minimum absolute atomic E-state index is 0.619. The first-order chi connectivity index (χ1) is 12.6. The Kier molecular flexibility index (Phi) is 6.81. The Bertz CT molecular complexity index is 952. The van der Waals surface area contributed by atoms with Crippen LogP contribution in [-0.4, -0.2) is 5.71 Å². The van der Waals surface area contributed by atoms with Crippen LogP contribution >= 0.6 is 46.6 Å². The van der Waals surface area contributed by atoms with Crippen molar-refractivity contribution >= 4 is 58.0 Å². The van der Waals surface area contributed by atoms with Crippen LogP contribution in [0, 0.1) is 0 Å². The minimum Gasteiger partial charge on any atom is -0.248 e. The lowest BCUT2D eigenvalue weighted by Gasteiger charge is -2.04. The Labute approximate surface area is 172 Å². The number of hydrogen-bond donors (Lipinski definition) is 0. The van der Waals surface area contributed by atoms with Gasteiger partial charge in [0.05, 0.1) is 16.4 Å². The van der Waals surface area contributed by atoms with E-state index in [9.17, 15) is 0 Å². The topological polar surface area (TPSA) is 12.4 Å². The first kappa shape index (κ1) is 19.1. The lowest BCUT2D eigenvalue weighted by atomic mass is 10.1. The van der Waals surface area contributed by atoms with Crippen molar-refractivity contribution in [1.29, 1.82) is 0 Å². The third-order valence-corrected chi connectivity index (χ3v) is 5.22. The van der Waals surface area contributed by atoms with E-state index in [0.717, 1.165) is 21.9 Å². The summed E-state index contributed by atoms with van der Waals surface area (Å²) in [5.74, 6) is 0. The quantitative estimate of drug-likeness (QED) is 0.301. The highest BCUT2D eigenvalue weighted by Gasteiger charge is 2.03. The van der Waals surface area contributed by atoms with E-state index in [1.165, 1.54) is 11.8 Å². The van der Waals surface area contributed by atoms with Crippen LogP contribution in [-0.2, 0) is 0 Å². The van der Waals surface area contributed by atoms with Crippen LogP contribution in [0.3, 0.4) is 0 Å².